The summed E-state index contributed by atoms with van der Waals surface area (Å²) in [6, 6.07) is 36.4. The molecule has 4 aromatic carbocycles. The minimum Gasteiger partial charge on any atom is -0.498 e. The predicted octanol–water partition coefficient (Wildman–Crippen LogP) is 6.30. The topological polar surface area (TPSA) is 77.5 Å². The van der Waals surface area contributed by atoms with Crippen LogP contribution in [0.1, 0.15) is 5.82 Å². The SMILES string of the molecule is C1=C2C(c3nc(-c4ccccc4)nc(-c4ccccc4)n3)=NC(n3c4ccccc4c4ccccc43)=NC2CO1. The van der Waals surface area contributed by atoms with Gasteiger partial charge < -0.3 is 4.74 Å². The largest absolute Gasteiger partial charge is 0.498 e. The summed E-state index contributed by atoms with van der Waals surface area (Å²) in [5.41, 5.74) is 5.42. The van der Waals surface area contributed by atoms with Crippen molar-refractivity contribution in [3.05, 3.63) is 127 Å². The van der Waals surface area contributed by atoms with E-state index < -0.39 is 0 Å². The molecule has 0 N–H and O–H groups in total. The number of benzene rings is 4. The molecule has 4 heterocycles. The Kier molecular flexibility index (Phi) is 5.13. The standard InChI is InChI=1S/C33H22N6O/c1-3-11-21(12-4-1)30-36-31(22-13-5-2-6-14-22)38-32(37-30)29-25-19-40-20-26(25)34-33(35-29)39-27-17-9-7-15-23(27)24-16-8-10-18-28(24)39/h1-19,26H,20H2. The zero-order chi connectivity index (χ0) is 26.5. The van der Waals surface area contributed by atoms with Crippen LogP contribution in [0.2, 0.25) is 0 Å². The van der Waals surface area contributed by atoms with Crippen LogP contribution in [0.5, 0.6) is 0 Å². The molecule has 0 fully saturated rings. The number of aromatic nitrogens is 4. The summed E-state index contributed by atoms with van der Waals surface area (Å²) in [5, 5.41) is 2.30. The Balaban J connectivity index is 1.37. The van der Waals surface area contributed by atoms with E-state index in [9.17, 15) is 0 Å². The molecular weight excluding hydrogens is 496 g/mol. The van der Waals surface area contributed by atoms with Gasteiger partial charge in [0.2, 0.25) is 5.96 Å². The van der Waals surface area contributed by atoms with Gasteiger partial charge in [-0.1, -0.05) is 97.1 Å². The van der Waals surface area contributed by atoms with Crippen molar-refractivity contribution in [3.8, 4) is 22.8 Å². The molecule has 2 aromatic heterocycles. The molecule has 0 saturated carbocycles. The van der Waals surface area contributed by atoms with Crippen LogP contribution in [0.3, 0.4) is 0 Å². The molecule has 0 amide bonds. The van der Waals surface area contributed by atoms with E-state index in [0.29, 0.717) is 35.8 Å². The smallest absolute Gasteiger partial charge is 0.231 e. The average molecular weight is 519 g/mol. The summed E-state index contributed by atoms with van der Waals surface area (Å²) in [5.74, 6) is 2.25. The van der Waals surface area contributed by atoms with E-state index in [0.717, 1.165) is 38.5 Å². The predicted molar refractivity (Wildman–Crippen MR) is 157 cm³/mol. The van der Waals surface area contributed by atoms with Crippen LogP contribution in [-0.2, 0) is 4.74 Å². The van der Waals surface area contributed by atoms with Crippen LogP contribution in [-0.4, -0.2) is 43.8 Å². The minimum atomic E-state index is -0.209. The number of hydrogen-bond acceptors (Lipinski definition) is 6. The highest BCUT2D eigenvalue weighted by Gasteiger charge is 2.33. The maximum absolute atomic E-state index is 5.78. The van der Waals surface area contributed by atoms with Crippen molar-refractivity contribution in [1.82, 2.24) is 19.5 Å². The summed E-state index contributed by atoms with van der Waals surface area (Å²) in [4.78, 5) is 24.9. The molecule has 1 unspecified atom stereocenters. The van der Waals surface area contributed by atoms with Gasteiger partial charge in [0.15, 0.2) is 17.5 Å². The highest BCUT2D eigenvalue weighted by atomic mass is 16.5. The van der Waals surface area contributed by atoms with E-state index in [4.69, 9.17) is 29.7 Å². The summed E-state index contributed by atoms with van der Waals surface area (Å²) >= 11 is 0. The fourth-order valence-corrected chi connectivity index (χ4v) is 5.39. The van der Waals surface area contributed by atoms with Gasteiger partial charge in [-0.05, 0) is 12.1 Å². The third kappa shape index (κ3) is 3.63. The summed E-state index contributed by atoms with van der Waals surface area (Å²) in [6.45, 7) is 0.442. The molecule has 8 rings (SSSR count). The Bertz CT molecular complexity index is 1900. The third-order valence-corrected chi connectivity index (χ3v) is 7.27. The highest BCUT2D eigenvalue weighted by Crippen LogP contribution is 2.32. The van der Waals surface area contributed by atoms with E-state index in [-0.39, 0.29) is 6.04 Å². The summed E-state index contributed by atoms with van der Waals surface area (Å²) in [7, 11) is 0. The Morgan fingerprint density at radius 1 is 0.600 bits per heavy atom. The van der Waals surface area contributed by atoms with Crippen molar-refractivity contribution in [2.24, 2.45) is 9.98 Å². The zero-order valence-corrected chi connectivity index (χ0v) is 21.3. The Labute approximate surface area is 229 Å². The van der Waals surface area contributed by atoms with E-state index in [1.807, 2.05) is 72.8 Å². The Morgan fingerprint density at radius 3 is 1.73 bits per heavy atom. The molecule has 0 radical (unpaired) electrons. The molecular formula is C33H22N6O. The van der Waals surface area contributed by atoms with Crippen molar-refractivity contribution in [2.75, 3.05) is 6.61 Å². The van der Waals surface area contributed by atoms with Crippen LogP contribution >= 0.6 is 0 Å². The number of para-hydroxylation sites is 2. The van der Waals surface area contributed by atoms with Crippen LogP contribution in [0, 0.1) is 0 Å². The second-order valence-corrected chi connectivity index (χ2v) is 9.72. The molecule has 0 aliphatic carbocycles. The first-order valence-corrected chi connectivity index (χ1v) is 13.2. The van der Waals surface area contributed by atoms with Crippen LogP contribution in [0.4, 0.5) is 0 Å². The fraction of sp³-hybridized carbons (Fsp3) is 0.0606. The molecule has 0 saturated heterocycles. The van der Waals surface area contributed by atoms with E-state index >= 15 is 0 Å². The fourth-order valence-electron chi connectivity index (χ4n) is 5.39. The van der Waals surface area contributed by atoms with E-state index in [2.05, 4.69) is 41.0 Å². The number of nitrogens with zero attached hydrogens (tertiary/aromatic N) is 6. The Morgan fingerprint density at radius 2 is 1.12 bits per heavy atom. The number of aliphatic imine (C=N–C) groups is 2. The second-order valence-electron chi connectivity index (χ2n) is 9.72. The minimum absolute atomic E-state index is 0.209. The van der Waals surface area contributed by atoms with Crippen molar-refractivity contribution in [2.45, 2.75) is 6.04 Å². The summed E-state index contributed by atoms with van der Waals surface area (Å²) < 4.78 is 7.91. The zero-order valence-electron chi connectivity index (χ0n) is 21.3. The van der Waals surface area contributed by atoms with Gasteiger partial charge >= 0.3 is 0 Å². The van der Waals surface area contributed by atoms with Crippen molar-refractivity contribution in [1.29, 1.82) is 0 Å². The first-order valence-electron chi connectivity index (χ1n) is 13.2. The molecule has 1 atom stereocenters. The quantitative estimate of drug-likeness (QED) is 0.275. The normalized spacial score (nSPS) is 16.3. The molecule has 40 heavy (non-hydrogen) atoms. The Hall–Kier alpha value is -5.43. The van der Waals surface area contributed by atoms with Gasteiger partial charge in [0, 0.05) is 27.5 Å². The first kappa shape index (κ1) is 22.5. The van der Waals surface area contributed by atoms with Crippen LogP contribution in [0.15, 0.2) is 131 Å². The monoisotopic (exact) mass is 518 g/mol. The van der Waals surface area contributed by atoms with Gasteiger partial charge in [-0.15, -0.1) is 0 Å². The van der Waals surface area contributed by atoms with Crippen molar-refractivity contribution < 1.29 is 4.74 Å². The number of fused-ring (bicyclic) bond motifs is 4. The maximum Gasteiger partial charge on any atom is 0.231 e. The number of rotatable bonds is 3. The van der Waals surface area contributed by atoms with Gasteiger partial charge in [-0.2, -0.15) is 0 Å². The van der Waals surface area contributed by atoms with Crippen LogP contribution < -0.4 is 0 Å². The lowest BCUT2D eigenvalue weighted by atomic mass is 10.0. The second kappa shape index (κ2) is 9.10. The van der Waals surface area contributed by atoms with Crippen molar-refractivity contribution in [3.63, 3.8) is 0 Å². The highest BCUT2D eigenvalue weighted by molar-refractivity contribution is 6.21. The number of hydrogen-bond donors (Lipinski definition) is 0. The van der Waals surface area contributed by atoms with Gasteiger partial charge in [-0.3, -0.25) is 4.57 Å². The third-order valence-electron chi connectivity index (χ3n) is 7.27. The molecule has 6 aromatic rings. The van der Waals surface area contributed by atoms with Gasteiger partial charge in [0.05, 0.1) is 17.3 Å². The van der Waals surface area contributed by atoms with Crippen LogP contribution in [0.25, 0.3) is 44.6 Å². The average Bonchev–Trinajstić information content (AvgIpc) is 3.64. The molecule has 190 valence electrons. The molecule has 2 aliphatic heterocycles. The molecule has 7 nitrogen and oxygen atoms in total. The molecule has 0 bridgehead atoms. The lowest BCUT2D eigenvalue weighted by molar-refractivity contribution is 0.270. The first-order chi connectivity index (χ1) is 19.8. The van der Waals surface area contributed by atoms with E-state index in [1.54, 1.807) is 6.26 Å². The van der Waals surface area contributed by atoms with Gasteiger partial charge in [0.25, 0.3) is 0 Å². The van der Waals surface area contributed by atoms with E-state index in [1.165, 1.54) is 0 Å². The van der Waals surface area contributed by atoms with Gasteiger partial charge in [-0.25, -0.2) is 24.9 Å². The van der Waals surface area contributed by atoms with Gasteiger partial charge in [0.1, 0.15) is 18.4 Å². The number of ether oxygens (including phenoxy) is 1. The molecule has 2 aliphatic rings. The lowest BCUT2D eigenvalue weighted by Crippen LogP contribution is -2.28. The molecule has 7 heteroatoms. The van der Waals surface area contributed by atoms with Crippen molar-refractivity contribution >= 4 is 33.5 Å². The lowest BCUT2D eigenvalue weighted by Gasteiger charge is -2.19. The summed E-state index contributed by atoms with van der Waals surface area (Å²) in [6.07, 6.45) is 1.74. The molecule has 0 spiro atoms. The maximum atomic E-state index is 5.78.